The zero-order chi connectivity index (χ0) is 13.7. The van der Waals surface area contributed by atoms with Gasteiger partial charge in [-0.3, -0.25) is 0 Å². The van der Waals surface area contributed by atoms with Crippen LogP contribution in [0.2, 0.25) is 0 Å². The van der Waals surface area contributed by atoms with Crippen LogP contribution in [-0.2, 0) is 16.6 Å². The number of nitrogens with two attached hydrogens (primary N) is 1. The maximum atomic E-state index is 12.1. The van der Waals surface area contributed by atoms with Crippen molar-refractivity contribution in [3.63, 3.8) is 0 Å². The van der Waals surface area contributed by atoms with E-state index in [0.717, 1.165) is 19.3 Å². The molecule has 1 aromatic heterocycles. The third-order valence-corrected chi connectivity index (χ3v) is 5.87. The van der Waals surface area contributed by atoms with Gasteiger partial charge in [0.1, 0.15) is 0 Å². The molecule has 1 fully saturated rings. The summed E-state index contributed by atoms with van der Waals surface area (Å²) < 4.78 is 28.4. The molecular weight excluding hydrogens is 282 g/mol. The fraction of sp³-hybridized carbons (Fsp3) is 0.667. The van der Waals surface area contributed by atoms with Crippen LogP contribution in [-0.4, -0.2) is 38.9 Å². The van der Waals surface area contributed by atoms with Gasteiger partial charge in [-0.1, -0.05) is 0 Å². The molecule has 0 amide bonds. The van der Waals surface area contributed by atoms with Crippen molar-refractivity contribution in [3.8, 4) is 0 Å². The minimum absolute atomic E-state index is 0.454. The van der Waals surface area contributed by atoms with Crippen molar-refractivity contribution in [2.75, 3.05) is 26.2 Å². The van der Waals surface area contributed by atoms with Gasteiger partial charge in [-0.2, -0.15) is 24.1 Å². The lowest BCUT2D eigenvalue weighted by Gasteiger charge is -2.30. The van der Waals surface area contributed by atoms with Crippen LogP contribution in [0, 0.1) is 5.92 Å². The van der Waals surface area contributed by atoms with Crippen molar-refractivity contribution >= 4 is 21.5 Å². The standard InChI is InChI=1S/C12H21N3O2S2/c13-9-11-2-6-15(7-3-11)19(16,17)14-5-1-12-4-8-18-10-12/h4,8,10-11,14H,1-3,5-7,9,13H2. The molecule has 0 aliphatic carbocycles. The van der Waals surface area contributed by atoms with Crippen LogP contribution in [0.5, 0.6) is 0 Å². The number of nitrogens with one attached hydrogen (secondary N) is 1. The summed E-state index contributed by atoms with van der Waals surface area (Å²) in [7, 11) is -3.32. The molecule has 7 heteroatoms. The third kappa shape index (κ3) is 4.25. The summed E-state index contributed by atoms with van der Waals surface area (Å²) in [6.07, 6.45) is 2.46. The van der Waals surface area contributed by atoms with E-state index in [1.54, 1.807) is 11.3 Å². The van der Waals surface area contributed by atoms with Gasteiger partial charge in [0.25, 0.3) is 10.2 Å². The summed E-state index contributed by atoms with van der Waals surface area (Å²) in [6.45, 7) is 2.26. The average molecular weight is 303 g/mol. The van der Waals surface area contributed by atoms with Crippen LogP contribution >= 0.6 is 11.3 Å². The minimum atomic E-state index is -3.32. The Morgan fingerprint density at radius 3 is 2.74 bits per heavy atom. The fourth-order valence-corrected chi connectivity index (χ4v) is 4.17. The van der Waals surface area contributed by atoms with Gasteiger partial charge >= 0.3 is 0 Å². The molecule has 0 bridgehead atoms. The zero-order valence-corrected chi connectivity index (χ0v) is 12.5. The van der Waals surface area contributed by atoms with E-state index in [4.69, 9.17) is 5.73 Å². The van der Waals surface area contributed by atoms with Gasteiger partial charge in [0.2, 0.25) is 0 Å². The molecule has 2 rings (SSSR count). The zero-order valence-electron chi connectivity index (χ0n) is 10.9. The smallest absolute Gasteiger partial charge is 0.279 e. The van der Waals surface area contributed by atoms with Crippen LogP contribution in [0.4, 0.5) is 0 Å². The second-order valence-corrected chi connectivity index (χ2v) is 7.39. The number of rotatable bonds is 6. The van der Waals surface area contributed by atoms with Crippen molar-refractivity contribution in [2.45, 2.75) is 19.3 Å². The number of hydrogen-bond donors (Lipinski definition) is 2. The Morgan fingerprint density at radius 2 is 2.16 bits per heavy atom. The first kappa shape index (κ1) is 14.9. The number of hydrogen-bond acceptors (Lipinski definition) is 4. The number of piperidine rings is 1. The van der Waals surface area contributed by atoms with E-state index in [-0.39, 0.29) is 0 Å². The van der Waals surface area contributed by atoms with E-state index in [1.165, 1.54) is 9.87 Å². The third-order valence-electron chi connectivity index (χ3n) is 3.52. The molecule has 0 saturated carbocycles. The number of thiophene rings is 1. The highest BCUT2D eigenvalue weighted by Crippen LogP contribution is 2.17. The largest absolute Gasteiger partial charge is 0.330 e. The van der Waals surface area contributed by atoms with Crippen LogP contribution in [0.25, 0.3) is 0 Å². The van der Waals surface area contributed by atoms with Crippen molar-refractivity contribution < 1.29 is 8.42 Å². The van der Waals surface area contributed by atoms with E-state index in [1.807, 2.05) is 16.8 Å². The highest BCUT2D eigenvalue weighted by atomic mass is 32.2. The van der Waals surface area contributed by atoms with Gasteiger partial charge in [-0.05, 0) is 54.1 Å². The first-order valence-corrected chi connectivity index (χ1v) is 8.96. The van der Waals surface area contributed by atoms with E-state index in [0.29, 0.717) is 32.1 Å². The molecule has 1 aliphatic heterocycles. The molecule has 108 valence electrons. The Bertz CT molecular complexity index is 465. The maximum absolute atomic E-state index is 12.1. The van der Waals surface area contributed by atoms with Crippen molar-refractivity contribution in [2.24, 2.45) is 11.7 Å². The van der Waals surface area contributed by atoms with E-state index < -0.39 is 10.2 Å². The van der Waals surface area contributed by atoms with Gasteiger partial charge in [-0.15, -0.1) is 0 Å². The van der Waals surface area contributed by atoms with Gasteiger partial charge in [0.05, 0.1) is 0 Å². The first-order chi connectivity index (χ1) is 9.12. The molecule has 1 aliphatic rings. The Morgan fingerprint density at radius 1 is 1.42 bits per heavy atom. The quantitative estimate of drug-likeness (QED) is 0.816. The Hall–Kier alpha value is -0.470. The molecule has 2 heterocycles. The van der Waals surface area contributed by atoms with Gasteiger partial charge in [-0.25, -0.2) is 4.72 Å². The summed E-state index contributed by atoms with van der Waals surface area (Å²) >= 11 is 1.63. The Labute approximate surface area is 119 Å². The Kier molecular flexibility index (Phi) is 5.35. The average Bonchev–Trinajstić information content (AvgIpc) is 2.92. The molecule has 0 aromatic carbocycles. The molecule has 0 radical (unpaired) electrons. The van der Waals surface area contributed by atoms with E-state index in [9.17, 15) is 8.42 Å². The van der Waals surface area contributed by atoms with Gasteiger partial charge < -0.3 is 5.73 Å². The molecule has 19 heavy (non-hydrogen) atoms. The van der Waals surface area contributed by atoms with Gasteiger partial charge in [0, 0.05) is 19.6 Å². The summed E-state index contributed by atoms with van der Waals surface area (Å²) in [5, 5.41) is 4.04. The summed E-state index contributed by atoms with van der Waals surface area (Å²) in [5.41, 5.74) is 6.79. The SMILES string of the molecule is NCC1CCN(S(=O)(=O)NCCc2ccsc2)CC1. The topological polar surface area (TPSA) is 75.4 Å². The fourth-order valence-electron chi connectivity index (χ4n) is 2.24. The lowest BCUT2D eigenvalue weighted by atomic mass is 9.99. The van der Waals surface area contributed by atoms with Crippen molar-refractivity contribution in [3.05, 3.63) is 22.4 Å². The van der Waals surface area contributed by atoms with E-state index in [2.05, 4.69) is 4.72 Å². The van der Waals surface area contributed by atoms with Crippen molar-refractivity contribution in [1.82, 2.24) is 9.03 Å². The molecule has 3 N–H and O–H groups in total. The number of nitrogens with zero attached hydrogens (tertiary/aromatic N) is 1. The van der Waals surface area contributed by atoms with Crippen molar-refractivity contribution in [1.29, 1.82) is 0 Å². The molecular formula is C12H21N3O2S2. The first-order valence-electron chi connectivity index (χ1n) is 6.57. The van der Waals surface area contributed by atoms with Crippen LogP contribution in [0.15, 0.2) is 16.8 Å². The predicted molar refractivity (Wildman–Crippen MR) is 78.3 cm³/mol. The van der Waals surface area contributed by atoms with Crippen LogP contribution in [0.3, 0.4) is 0 Å². The molecule has 1 aromatic rings. The lowest BCUT2D eigenvalue weighted by molar-refractivity contribution is 0.276. The molecule has 0 spiro atoms. The minimum Gasteiger partial charge on any atom is -0.330 e. The monoisotopic (exact) mass is 303 g/mol. The highest BCUT2D eigenvalue weighted by molar-refractivity contribution is 7.87. The van der Waals surface area contributed by atoms with Gasteiger partial charge in [0.15, 0.2) is 0 Å². The summed E-state index contributed by atoms with van der Waals surface area (Å²) in [5.74, 6) is 0.470. The second-order valence-electron chi connectivity index (χ2n) is 4.86. The normalized spacial score (nSPS) is 18.8. The molecule has 0 atom stereocenters. The lowest BCUT2D eigenvalue weighted by Crippen LogP contribution is -2.46. The summed E-state index contributed by atoms with van der Waals surface area (Å²) in [4.78, 5) is 0. The molecule has 1 saturated heterocycles. The van der Waals surface area contributed by atoms with Crippen LogP contribution in [0.1, 0.15) is 18.4 Å². The predicted octanol–water partition coefficient (Wildman–Crippen LogP) is 0.796. The molecule has 5 nitrogen and oxygen atoms in total. The van der Waals surface area contributed by atoms with Crippen LogP contribution < -0.4 is 10.5 Å². The highest BCUT2D eigenvalue weighted by Gasteiger charge is 2.26. The Balaban J connectivity index is 1.78. The summed E-state index contributed by atoms with van der Waals surface area (Å²) in [6, 6.07) is 2.02. The van der Waals surface area contributed by atoms with E-state index >= 15 is 0 Å². The molecule has 0 unspecified atom stereocenters. The maximum Gasteiger partial charge on any atom is 0.279 e. The second kappa shape index (κ2) is 6.81.